The molecule has 3 aliphatic rings. The first-order valence-corrected chi connectivity index (χ1v) is 9.34. The number of fused-ring (bicyclic) bond motifs is 2. The monoisotopic (exact) mass is 400 g/mol. The number of nitrogens with one attached hydrogen (secondary N) is 1. The van der Waals surface area contributed by atoms with Gasteiger partial charge in [-0.25, -0.2) is 0 Å². The third-order valence-corrected chi connectivity index (χ3v) is 5.18. The highest BCUT2D eigenvalue weighted by Gasteiger charge is 2.47. The van der Waals surface area contributed by atoms with Crippen LogP contribution in [0, 0.1) is 11.8 Å². The van der Waals surface area contributed by atoms with Crippen LogP contribution in [0.3, 0.4) is 0 Å². The van der Waals surface area contributed by atoms with Crippen molar-refractivity contribution in [2.45, 2.75) is 19.4 Å². The fraction of sp³-hybridized carbons (Fsp3) is 0.400. The number of amides is 3. The highest BCUT2D eigenvalue weighted by molar-refractivity contribution is 6.07. The van der Waals surface area contributed by atoms with Crippen molar-refractivity contribution in [1.29, 1.82) is 0 Å². The molecule has 1 N–H and O–H groups in total. The number of imide groups is 1. The quantitative estimate of drug-likeness (QED) is 0.421. The van der Waals surface area contributed by atoms with Gasteiger partial charge in [0.25, 0.3) is 5.91 Å². The maximum atomic E-state index is 12.3. The number of carbonyl (C=O) groups excluding carboxylic acids is 4. The van der Waals surface area contributed by atoms with Gasteiger partial charge >= 0.3 is 5.97 Å². The van der Waals surface area contributed by atoms with E-state index >= 15 is 0 Å². The van der Waals surface area contributed by atoms with E-state index in [1.54, 1.807) is 18.2 Å². The molecule has 1 saturated heterocycles. The Hall–Kier alpha value is -3.36. The van der Waals surface area contributed by atoms with Gasteiger partial charge in [0, 0.05) is 6.54 Å². The number of nitrogens with zero attached hydrogens (tertiary/aromatic N) is 1. The van der Waals surface area contributed by atoms with Gasteiger partial charge < -0.3 is 19.5 Å². The second-order valence-corrected chi connectivity index (χ2v) is 7.04. The van der Waals surface area contributed by atoms with E-state index in [1.165, 1.54) is 0 Å². The highest BCUT2D eigenvalue weighted by atomic mass is 16.7. The maximum absolute atomic E-state index is 12.3. The highest BCUT2D eigenvalue weighted by Crippen LogP contribution is 2.35. The molecule has 2 atom stereocenters. The molecular formula is C20H20N2O7. The number of allylic oxidation sites excluding steroid dienone is 2. The van der Waals surface area contributed by atoms with Crippen molar-refractivity contribution in [1.82, 2.24) is 10.2 Å². The molecule has 0 spiro atoms. The third kappa shape index (κ3) is 3.94. The van der Waals surface area contributed by atoms with Gasteiger partial charge in [-0.05, 0) is 30.5 Å². The number of hydrogen-bond donors (Lipinski definition) is 1. The lowest BCUT2D eigenvalue weighted by atomic mass is 9.85. The van der Waals surface area contributed by atoms with Crippen LogP contribution >= 0.6 is 0 Å². The standard InChI is InChI=1S/C20H20N2O7/c23-17(21-8-12-5-6-15-16(7-12)29-11-28-15)10-27-18(24)9-22-19(25)13-3-1-2-4-14(13)20(22)26/h1-2,5-7,13-14H,3-4,8-11H2,(H,21,23)/t13-,14-/m0/s1. The Morgan fingerprint density at radius 2 is 1.76 bits per heavy atom. The zero-order valence-electron chi connectivity index (χ0n) is 15.6. The summed E-state index contributed by atoms with van der Waals surface area (Å²) in [6.07, 6.45) is 4.75. The Balaban J connectivity index is 1.22. The van der Waals surface area contributed by atoms with Crippen LogP contribution in [0.2, 0.25) is 0 Å². The van der Waals surface area contributed by atoms with E-state index < -0.39 is 36.9 Å². The molecule has 1 aromatic carbocycles. The predicted molar refractivity (Wildman–Crippen MR) is 97.4 cm³/mol. The van der Waals surface area contributed by atoms with Crippen LogP contribution in [0.15, 0.2) is 30.4 Å². The molecule has 0 saturated carbocycles. The Bertz CT molecular complexity index is 869. The number of carbonyl (C=O) groups is 4. The summed E-state index contributed by atoms with van der Waals surface area (Å²) >= 11 is 0. The maximum Gasteiger partial charge on any atom is 0.326 e. The van der Waals surface area contributed by atoms with Gasteiger partial charge in [-0.1, -0.05) is 18.2 Å². The second kappa shape index (κ2) is 7.94. The molecule has 9 heteroatoms. The van der Waals surface area contributed by atoms with Crippen LogP contribution in [-0.4, -0.2) is 48.5 Å². The largest absolute Gasteiger partial charge is 0.454 e. The van der Waals surface area contributed by atoms with Crippen molar-refractivity contribution in [3.8, 4) is 11.5 Å². The van der Waals surface area contributed by atoms with Gasteiger partial charge in [0.15, 0.2) is 18.1 Å². The Labute approximate surface area is 166 Å². The average molecular weight is 400 g/mol. The minimum absolute atomic E-state index is 0.168. The lowest BCUT2D eigenvalue weighted by Crippen LogP contribution is -2.38. The van der Waals surface area contributed by atoms with Gasteiger partial charge in [0.2, 0.25) is 18.6 Å². The minimum atomic E-state index is -0.795. The smallest absolute Gasteiger partial charge is 0.326 e. The van der Waals surface area contributed by atoms with Crippen LogP contribution in [0.5, 0.6) is 11.5 Å². The number of benzene rings is 1. The lowest BCUT2D eigenvalue weighted by Gasteiger charge is -2.14. The van der Waals surface area contributed by atoms with Gasteiger partial charge in [0.05, 0.1) is 11.8 Å². The summed E-state index contributed by atoms with van der Waals surface area (Å²) in [4.78, 5) is 49.5. The van der Waals surface area contributed by atoms with Gasteiger partial charge in [-0.2, -0.15) is 0 Å². The van der Waals surface area contributed by atoms with E-state index in [0.717, 1.165) is 10.5 Å². The first-order valence-electron chi connectivity index (χ1n) is 9.34. The summed E-state index contributed by atoms with van der Waals surface area (Å²) in [5.74, 6) is -1.53. The van der Waals surface area contributed by atoms with Crippen LogP contribution < -0.4 is 14.8 Å². The van der Waals surface area contributed by atoms with Crippen LogP contribution in [-0.2, 0) is 30.5 Å². The normalized spacial score (nSPS) is 21.9. The Kier molecular flexibility index (Phi) is 5.20. The summed E-state index contributed by atoms with van der Waals surface area (Å²) in [6.45, 7) is -0.568. The zero-order chi connectivity index (χ0) is 20.4. The molecule has 152 valence electrons. The average Bonchev–Trinajstić information content (AvgIpc) is 3.29. The fourth-order valence-corrected chi connectivity index (χ4v) is 3.65. The minimum Gasteiger partial charge on any atom is -0.454 e. The fourth-order valence-electron chi connectivity index (χ4n) is 3.65. The van der Waals surface area contributed by atoms with E-state index in [0.29, 0.717) is 24.3 Å². The Morgan fingerprint density at radius 1 is 1.07 bits per heavy atom. The summed E-state index contributed by atoms with van der Waals surface area (Å²) in [5, 5.41) is 2.63. The van der Waals surface area contributed by atoms with E-state index in [9.17, 15) is 19.2 Å². The molecule has 1 aliphatic carbocycles. The lowest BCUT2D eigenvalue weighted by molar-refractivity contribution is -0.154. The number of likely N-dealkylation sites (tertiary alicyclic amines) is 1. The summed E-state index contributed by atoms with van der Waals surface area (Å²) in [5.41, 5.74) is 0.804. The van der Waals surface area contributed by atoms with Crippen molar-refractivity contribution in [3.05, 3.63) is 35.9 Å². The summed E-state index contributed by atoms with van der Waals surface area (Å²) in [7, 11) is 0. The molecule has 1 fully saturated rings. The summed E-state index contributed by atoms with van der Waals surface area (Å²) < 4.78 is 15.4. The SMILES string of the molecule is O=C(COC(=O)CN1C(=O)[C@H]2CC=CC[C@@H]2C1=O)NCc1ccc2c(c1)OCO2. The molecule has 0 bridgehead atoms. The van der Waals surface area contributed by atoms with Crippen LogP contribution in [0.25, 0.3) is 0 Å². The van der Waals surface area contributed by atoms with Gasteiger partial charge in [-0.15, -0.1) is 0 Å². The molecule has 9 nitrogen and oxygen atoms in total. The number of rotatable bonds is 6. The molecule has 29 heavy (non-hydrogen) atoms. The molecule has 1 aromatic rings. The second-order valence-electron chi connectivity index (χ2n) is 7.04. The van der Waals surface area contributed by atoms with Gasteiger partial charge in [0.1, 0.15) is 6.54 Å². The summed E-state index contributed by atoms with van der Waals surface area (Å²) in [6, 6.07) is 5.30. The number of hydrogen-bond acceptors (Lipinski definition) is 7. The van der Waals surface area contributed by atoms with E-state index in [4.69, 9.17) is 14.2 Å². The molecule has 0 aromatic heterocycles. The van der Waals surface area contributed by atoms with Crippen molar-refractivity contribution in [2.24, 2.45) is 11.8 Å². The van der Waals surface area contributed by atoms with Crippen LogP contribution in [0.4, 0.5) is 0 Å². The predicted octanol–water partition coefficient (Wildman–Crippen LogP) is 0.526. The van der Waals surface area contributed by atoms with E-state index in [2.05, 4.69) is 5.32 Å². The van der Waals surface area contributed by atoms with Crippen molar-refractivity contribution < 1.29 is 33.4 Å². The molecule has 3 amide bonds. The van der Waals surface area contributed by atoms with Crippen molar-refractivity contribution >= 4 is 23.7 Å². The molecule has 0 unspecified atom stereocenters. The first-order chi connectivity index (χ1) is 14.0. The van der Waals surface area contributed by atoms with Crippen LogP contribution in [0.1, 0.15) is 18.4 Å². The molecule has 2 heterocycles. The van der Waals surface area contributed by atoms with E-state index in [-0.39, 0.29) is 25.2 Å². The van der Waals surface area contributed by atoms with E-state index in [1.807, 2.05) is 12.2 Å². The zero-order valence-corrected chi connectivity index (χ0v) is 15.6. The third-order valence-electron chi connectivity index (χ3n) is 5.18. The molecule has 2 aliphatic heterocycles. The Morgan fingerprint density at radius 3 is 2.48 bits per heavy atom. The number of ether oxygens (including phenoxy) is 3. The molecule has 0 radical (unpaired) electrons. The van der Waals surface area contributed by atoms with Crippen molar-refractivity contribution in [3.63, 3.8) is 0 Å². The number of esters is 1. The molecular weight excluding hydrogens is 380 g/mol. The molecule has 4 rings (SSSR count). The van der Waals surface area contributed by atoms with Crippen molar-refractivity contribution in [2.75, 3.05) is 19.9 Å². The topological polar surface area (TPSA) is 111 Å². The first kappa shape index (κ1) is 19.0. The van der Waals surface area contributed by atoms with Gasteiger partial charge in [-0.3, -0.25) is 24.1 Å².